The van der Waals surface area contributed by atoms with Crippen LogP contribution in [-0.2, 0) is 36.6 Å². The second-order valence-electron chi connectivity index (χ2n) is 15.2. The largest absolute Gasteiger partial charge is 0.490 e. The summed E-state index contributed by atoms with van der Waals surface area (Å²) in [6.07, 6.45) is 3.66. The fourth-order valence-electron chi connectivity index (χ4n) is 7.90. The molecule has 2 aromatic carbocycles. The molecule has 274 valence electrons. The first-order valence-electron chi connectivity index (χ1n) is 18.0. The minimum Gasteiger partial charge on any atom is -0.490 e. The molecule has 0 saturated carbocycles. The molecule has 7 rings (SSSR count). The molecule has 1 fully saturated rings. The van der Waals surface area contributed by atoms with E-state index in [2.05, 4.69) is 21.4 Å². The zero-order valence-corrected chi connectivity index (χ0v) is 31.0. The van der Waals surface area contributed by atoms with Crippen molar-refractivity contribution in [2.45, 2.75) is 84.6 Å². The van der Waals surface area contributed by atoms with Gasteiger partial charge < -0.3 is 24.5 Å². The molecular weight excluding hydrogens is 663 g/mol. The lowest BCUT2D eigenvalue weighted by molar-refractivity contribution is -0.160. The molecule has 12 heteroatoms. The summed E-state index contributed by atoms with van der Waals surface area (Å²) < 4.78 is 31.6. The lowest BCUT2D eigenvalue weighted by Gasteiger charge is -2.33. The van der Waals surface area contributed by atoms with Gasteiger partial charge in [-0.3, -0.25) is 14.4 Å². The van der Waals surface area contributed by atoms with E-state index in [-0.39, 0.29) is 17.7 Å². The van der Waals surface area contributed by atoms with Crippen LogP contribution in [0, 0.1) is 19.7 Å². The number of amides is 1. The highest BCUT2D eigenvalue weighted by Gasteiger charge is 2.35. The zero-order valence-electron chi connectivity index (χ0n) is 31.0. The number of halogens is 1. The monoisotopic (exact) mass is 710 g/mol. The van der Waals surface area contributed by atoms with Crippen molar-refractivity contribution >= 4 is 33.8 Å². The van der Waals surface area contributed by atoms with E-state index < -0.39 is 23.5 Å². The Hall–Kier alpha value is -4.81. The van der Waals surface area contributed by atoms with Gasteiger partial charge in [-0.25, -0.2) is 14.2 Å². The summed E-state index contributed by atoms with van der Waals surface area (Å²) in [6, 6.07) is 9.12. The molecule has 1 amide bonds. The number of piperidine rings is 1. The lowest BCUT2D eigenvalue weighted by Crippen LogP contribution is -2.47. The second-order valence-corrected chi connectivity index (χ2v) is 15.2. The minimum absolute atomic E-state index is 0.0303. The van der Waals surface area contributed by atoms with Crippen LogP contribution in [0.1, 0.15) is 84.6 Å². The van der Waals surface area contributed by atoms with Crippen LogP contribution in [-0.4, -0.2) is 72.6 Å². The van der Waals surface area contributed by atoms with Gasteiger partial charge >= 0.3 is 5.97 Å². The Kier molecular flexibility index (Phi) is 9.33. The number of fused-ring (bicyclic) bond motifs is 3. The van der Waals surface area contributed by atoms with Crippen molar-refractivity contribution in [2.24, 2.45) is 14.1 Å². The number of likely N-dealkylation sites (tertiary alicyclic amines) is 1. The number of carboxylic acids is 1. The fourth-order valence-corrected chi connectivity index (χ4v) is 7.90. The van der Waals surface area contributed by atoms with Crippen molar-refractivity contribution in [2.75, 3.05) is 19.7 Å². The van der Waals surface area contributed by atoms with E-state index in [1.807, 2.05) is 64.6 Å². The standard InChI is InChI=1S/C40H47FN6O5/c1-22-28-11-9-15-51-35(28)31(41)18-29(22)34-30-17-27(45(6)37(30)43-23(2)33(34)36(39(49)50)52-40(3,4)5)21-47-14-8-10-26(20-47)44-38(48)24-12-13-32-25(16-24)19-42-46(32)7/h12-13,16-19,26,36H,8-11,14-15,20-21H2,1-7H3,(H,44,48)(H,49,50)/t26?,36-/m0/s1. The van der Waals surface area contributed by atoms with Gasteiger partial charge in [0.2, 0.25) is 0 Å². The number of ether oxygens (including phenoxy) is 2. The molecule has 0 radical (unpaired) electrons. The van der Waals surface area contributed by atoms with Crippen LogP contribution in [0.25, 0.3) is 33.1 Å². The maximum Gasteiger partial charge on any atom is 0.337 e. The van der Waals surface area contributed by atoms with E-state index in [4.69, 9.17) is 14.5 Å². The van der Waals surface area contributed by atoms with Gasteiger partial charge in [-0.1, -0.05) is 0 Å². The second kappa shape index (κ2) is 13.6. The lowest BCUT2D eigenvalue weighted by atomic mass is 9.86. The number of rotatable bonds is 8. The molecule has 2 N–H and O–H groups in total. The van der Waals surface area contributed by atoms with Crippen LogP contribution in [0.5, 0.6) is 5.75 Å². The van der Waals surface area contributed by atoms with E-state index >= 15 is 4.39 Å². The highest BCUT2D eigenvalue weighted by Crippen LogP contribution is 2.45. The van der Waals surface area contributed by atoms with Crippen LogP contribution < -0.4 is 10.1 Å². The van der Waals surface area contributed by atoms with Gasteiger partial charge in [-0.15, -0.1) is 0 Å². The number of hydrogen-bond acceptors (Lipinski definition) is 7. The highest BCUT2D eigenvalue weighted by molar-refractivity contribution is 6.00. The third-order valence-electron chi connectivity index (χ3n) is 10.4. The maximum absolute atomic E-state index is 15.8. The summed E-state index contributed by atoms with van der Waals surface area (Å²) in [4.78, 5) is 33.5. The quantitative estimate of drug-likeness (QED) is 0.186. The predicted octanol–water partition coefficient (Wildman–Crippen LogP) is 6.54. The molecule has 5 heterocycles. The molecular formula is C40H47FN6O5. The van der Waals surface area contributed by atoms with E-state index in [1.165, 1.54) is 6.07 Å². The number of aryl methyl sites for hydroxylation is 3. The number of hydrogen-bond donors (Lipinski definition) is 2. The van der Waals surface area contributed by atoms with E-state index in [1.54, 1.807) is 17.8 Å². The molecule has 52 heavy (non-hydrogen) atoms. The Morgan fingerprint density at radius 2 is 1.94 bits per heavy atom. The summed E-state index contributed by atoms with van der Waals surface area (Å²) in [5, 5.41) is 19.8. The van der Waals surface area contributed by atoms with Crippen molar-refractivity contribution < 1.29 is 28.6 Å². The molecule has 3 aromatic heterocycles. The summed E-state index contributed by atoms with van der Waals surface area (Å²) in [5.74, 6) is -1.44. The molecule has 1 unspecified atom stereocenters. The number of carbonyl (C=O) groups excluding carboxylic acids is 1. The Labute approximate surface area is 302 Å². The van der Waals surface area contributed by atoms with Crippen LogP contribution >= 0.6 is 0 Å². The number of benzene rings is 2. The average Bonchev–Trinajstić information content (AvgIpc) is 3.62. The molecule has 2 atom stereocenters. The molecule has 0 bridgehead atoms. The van der Waals surface area contributed by atoms with Gasteiger partial charge in [0.15, 0.2) is 17.7 Å². The first kappa shape index (κ1) is 35.6. The van der Waals surface area contributed by atoms with Gasteiger partial charge in [-0.05, 0) is 108 Å². The number of nitrogens with zero attached hydrogens (tertiary/aromatic N) is 5. The van der Waals surface area contributed by atoms with Crippen LogP contribution in [0.15, 0.2) is 36.5 Å². The number of carboxylic acid groups (broad SMARTS) is 1. The van der Waals surface area contributed by atoms with Gasteiger partial charge in [0, 0.05) is 77.6 Å². The number of carbonyl (C=O) groups is 2. The van der Waals surface area contributed by atoms with Gasteiger partial charge in [0.05, 0.1) is 23.9 Å². The predicted molar refractivity (Wildman–Crippen MR) is 197 cm³/mol. The minimum atomic E-state index is -1.34. The van der Waals surface area contributed by atoms with Gasteiger partial charge in [0.25, 0.3) is 5.91 Å². The van der Waals surface area contributed by atoms with Gasteiger partial charge in [-0.2, -0.15) is 5.10 Å². The third kappa shape index (κ3) is 6.65. The van der Waals surface area contributed by atoms with Crippen LogP contribution in [0.2, 0.25) is 0 Å². The fraction of sp³-hybridized carbons (Fsp3) is 0.450. The van der Waals surface area contributed by atoms with E-state index in [9.17, 15) is 14.7 Å². The molecule has 5 aromatic rings. The number of aliphatic carboxylic acids is 1. The Morgan fingerprint density at radius 1 is 1.15 bits per heavy atom. The zero-order chi connectivity index (χ0) is 37.1. The van der Waals surface area contributed by atoms with Crippen molar-refractivity contribution in [3.63, 3.8) is 0 Å². The summed E-state index contributed by atoms with van der Waals surface area (Å²) in [6.45, 7) is 11.8. The topological polar surface area (TPSA) is 124 Å². The Morgan fingerprint density at radius 3 is 2.69 bits per heavy atom. The summed E-state index contributed by atoms with van der Waals surface area (Å²) in [7, 11) is 3.84. The van der Waals surface area contributed by atoms with Crippen molar-refractivity contribution in [3.05, 3.63) is 76.0 Å². The number of pyridine rings is 1. The van der Waals surface area contributed by atoms with Gasteiger partial charge in [0.1, 0.15) is 5.65 Å². The Bertz CT molecular complexity index is 2220. The number of aromatic nitrogens is 4. The first-order chi connectivity index (χ1) is 24.7. The first-order valence-corrected chi connectivity index (χ1v) is 18.0. The normalized spacial score (nSPS) is 17.3. The van der Waals surface area contributed by atoms with Crippen LogP contribution in [0.3, 0.4) is 0 Å². The molecule has 11 nitrogen and oxygen atoms in total. The van der Waals surface area contributed by atoms with Crippen molar-refractivity contribution in [3.8, 4) is 16.9 Å². The third-order valence-corrected chi connectivity index (χ3v) is 10.4. The molecule has 0 aliphatic carbocycles. The highest BCUT2D eigenvalue weighted by atomic mass is 19.1. The van der Waals surface area contributed by atoms with E-state index in [0.717, 1.165) is 58.9 Å². The number of nitrogens with one attached hydrogen (secondary N) is 1. The summed E-state index contributed by atoms with van der Waals surface area (Å²) >= 11 is 0. The maximum atomic E-state index is 15.8. The Balaban J connectivity index is 1.25. The van der Waals surface area contributed by atoms with Crippen molar-refractivity contribution in [1.82, 2.24) is 29.5 Å². The molecule has 2 aliphatic rings. The average molecular weight is 711 g/mol. The van der Waals surface area contributed by atoms with Crippen molar-refractivity contribution in [1.29, 1.82) is 0 Å². The summed E-state index contributed by atoms with van der Waals surface area (Å²) in [5.41, 5.74) is 6.23. The molecule has 0 spiro atoms. The smallest absolute Gasteiger partial charge is 0.337 e. The van der Waals surface area contributed by atoms with Crippen LogP contribution in [0.4, 0.5) is 4.39 Å². The molecule has 2 aliphatic heterocycles. The SMILES string of the molecule is Cc1nc2c(cc(CN3CCCC(NC(=O)c4ccc5c(cnn5C)c4)C3)n2C)c(-c2cc(F)c3c(c2C)CCCO3)c1[C@H](OC(C)(C)C)C(=O)O. The van der Waals surface area contributed by atoms with E-state index in [0.29, 0.717) is 59.7 Å². The molecule has 1 saturated heterocycles.